The summed E-state index contributed by atoms with van der Waals surface area (Å²) in [5.41, 5.74) is -0.0838. The highest BCUT2D eigenvalue weighted by Crippen LogP contribution is 2.32. The molecule has 0 atom stereocenters. The minimum atomic E-state index is -4.35. The van der Waals surface area contributed by atoms with E-state index in [2.05, 4.69) is 4.72 Å². The molecule has 1 N–H and O–H groups in total. The largest absolute Gasteiger partial charge is 0.416 e. The molecule has 0 saturated carbocycles. The number of nitrogens with one attached hydrogen (secondary N) is 1. The van der Waals surface area contributed by atoms with E-state index in [0.29, 0.717) is 5.56 Å². The van der Waals surface area contributed by atoms with Gasteiger partial charge in [0.1, 0.15) is 0 Å². The summed E-state index contributed by atoms with van der Waals surface area (Å²) in [5, 5.41) is 0. The summed E-state index contributed by atoms with van der Waals surface area (Å²) in [6.07, 6.45) is -1.000. The van der Waals surface area contributed by atoms with Gasteiger partial charge in [-0.05, 0) is 29.8 Å². The third-order valence-electron chi connectivity index (χ3n) is 3.18. The van der Waals surface area contributed by atoms with Crippen molar-refractivity contribution in [3.8, 4) is 0 Å². The zero-order valence-corrected chi connectivity index (χ0v) is 12.6. The molecular formula is C14H10F3NO2S2. The first kappa shape index (κ1) is 15.3. The van der Waals surface area contributed by atoms with Crippen molar-refractivity contribution in [3.05, 3.63) is 51.2 Å². The van der Waals surface area contributed by atoms with Gasteiger partial charge in [-0.2, -0.15) is 13.2 Å². The molecule has 1 aromatic heterocycles. The smallest absolute Gasteiger partial charge is 0.207 e. The number of sulfonamides is 1. The molecule has 8 heteroatoms. The highest BCUT2D eigenvalue weighted by Gasteiger charge is 2.30. The topological polar surface area (TPSA) is 46.2 Å². The van der Waals surface area contributed by atoms with Gasteiger partial charge in [0.2, 0.25) is 10.0 Å². The molecule has 0 radical (unpaired) electrons. The van der Waals surface area contributed by atoms with Crippen molar-refractivity contribution in [2.75, 3.05) is 0 Å². The molecule has 0 fully saturated rings. The van der Waals surface area contributed by atoms with Gasteiger partial charge in [0.15, 0.2) is 0 Å². The molecular weight excluding hydrogens is 335 g/mol. The lowest BCUT2D eigenvalue weighted by Crippen LogP contribution is -2.14. The Bertz CT molecular complexity index is 834. The van der Waals surface area contributed by atoms with Crippen LogP contribution in [-0.4, -0.2) is 8.42 Å². The van der Waals surface area contributed by atoms with Gasteiger partial charge in [-0.15, -0.1) is 11.3 Å². The first-order chi connectivity index (χ1) is 10.3. The molecule has 2 heterocycles. The molecule has 0 unspecified atom stereocenters. The summed E-state index contributed by atoms with van der Waals surface area (Å²) in [4.78, 5) is 1.77. The van der Waals surface area contributed by atoms with Gasteiger partial charge in [-0.3, -0.25) is 0 Å². The molecule has 0 spiro atoms. The van der Waals surface area contributed by atoms with Crippen LogP contribution in [0.5, 0.6) is 0 Å². The van der Waals surface area contributed by atoms with Gasteiger partial charge in [0.05, 0.1) is 10.5 Å². The molecule has 1 aliphatic rings. The highest BCUT2D eigenvalue weighted by atomic mass is 32.2. The Hall–Kier alpha value is -1.64. The normalized spacial score (nSPS) is 17.0. The second kappa shape index (κ2) is 5.22. The standard InChI is InChI=1S/C14H10F3NO2S2/c15-14(16,17)10-4-1-9(2-5-10)3-6-11-7-13-12(21-11)8-18-22(13,19)20/h1-7,18H,8H2/b6-3+. The van der Waals surface area contributed by atoms with Crippen LogP contribution in [0, 0.1) is 0 Å². The fourth-order valence-corrected chi connectivity index (χ4v) is 4.73. The van der Waals surface area contributed by atoms with Crippen LogP contribution in [0.25, 0.3) is 12.2 Å². The van der Waals surface area contributed by atoms with Crippen LogP contribution in [0.15, 0.2) is 35.2 Å². The zero-order chi connectivity index (χ0) is 16.0. The summed E-state index contributed by atoms with van der Waals surface area (Å²) in [6.45, 7) is 0.288. The number of fused-ring (bicyclic) bond motifs is 1. The van der Waals surface area contributed by atoms with E-state index in [1.165, 1.54) is 23.5 Å². The lowest BCUT2D eigenvalue weighted by atomic mass is 10.1. The zero-order valence-electron chi connectivity index (χ0n) is 11.0. The third kappa shape index (κ3) is 2.94. The van der Waals surface area contributed by atoms with Crippen LogP contribution >= 0.6 is 11.3 Å². The second-order valence-corrected chi connectivity index (χ2v) is 7.62. The number of thiophene rings is 1. The number of halogens is 3. The van der Waals surface area contributed by atoms with Crippen molar-refractivity contribution in [3.63, 3.8) is 0 Å². The molecule has 1 aromatic carbocycles. The van der Waals surface area contributed by atoms with E-state index >= 15 is 0 Å². The van der Waals surface area contributed by atoms with Gasteiger partial charge in [0.25, 0.3) is 0 Å². The van der Waals surface area contributed by atoms with Crippen LogP contribution in [0.1, 0.15) is 20.9 Å². The number of hydrogen-bond acceptors (Lipinski definition) is 3. The summed E-state index contributed by atoms with van der Waals surface area (Å²) in [6, 6.07) is 6.35. The van der Waals surface area contributed by atoms with Crippen molar-refractivity contribution in [1.82, 2.24) is 4.72 Å². The van der Waals surface area contributed by atoms with E-state index in [-0.39, 0.29) is 11.4 Å². The third-order valence-corrected chi connectivity index (χ3v) is 5.88. The Morgan fingerprint density at radius 3 is 2.41 bits per heavy atom. The summed E-state index contributed by atoms with van der Waals surface area (Å²) in [5.74, 6) is 0. The Kier molecular flexibility index (Phi) is 3.62. The molecule has 3 nitrogen and oxygen atoms in total. The SMILES string of the molecule is O=S1(=O)NCc2sc(/C=C/c3ccc(C(F)(F)F)cc3)cc21. The van der Waals surface area contributed by atoms with Gasteiger partial charge >= 0.3 is 6.18 Å². The maximum atomic E-state index is 12.5. The predicted molar refractivity (Wildman–Crippen MR) is 78.7 cm³/mol. The van der Waals surface area contributed by atoms with Crippen molar-refractivity contribution in [1.29, 1.82) is 0 Å². The molecule has 22 heavy (non-hydrogen) atoms. The summed E-state index contributed by atoms with van der Waals surface area (Å²) in [7, 11) is -3.39. The summed E-state index contributed by atoms with van der Waals surface area (Å²) < 4.78 is 63.1. The minimum Gasteiger partial charge on any atom is -0.207 e. The van der Waals surface area contributed by atoms with Crippen molar-refractivity contribution >= 4 is 33.5 Å². The maximum absolute atomic E-state index is 12.5. The van der Waals surface area contributed by atoms with Gasteiger partial charge < -0.3 is 0 Å². The molecule has 0 bridgehead atoms. The fraction of sp³-hybridized carbons (Fsp3) is 0.143. The average molecular weight is 345 g/mol. The van der Waals surface area contributed by atoms with E-state index < -0.39 is 21.8 Å². The quantitative estimate of drug-likeness (QED) is 0.901. The molecule has 116 valence electrons. The lowest BCUT2D eigenvalue weighted by molar-refractivity contribution is -0.137. The van der Waals surface area contributed by atoms with E-state index in [1.54, 1.807) is 18.2 Å². The fourth-order valence-electron chi connectivity index (χ4n) is 2.06. The van der Waals surface area contributed by atoms with Gasteiger partial charge in [-0.25, -0.2) is 13.1 Å². The molecule has 3 rings (SSSR count). The Labute approximate surface area is 129 Å². The van der Waals surface area contributed by atoms with E-state index in [4.69, 9.17) is 0 Å². The van der Waals surface area contributed by atoms with Crippen LogP contribution in [0.4, 0.5) is 13.2 Å². The van der Waals surface area contributed by atoms with Crippen LogP contribution in [0.2, 0.25) is 0 Å². The summed E-state index contributed by atoms with van der Waals surface area (Å²) >= 11 is 1.34. The van der Waals surface area contributed by atoms with E-state index in [9.17, 15) is 21.6 Å². The van der Waals surface area contributed by atoms with Crippen molar-refractivity contribution in [2.45, 2.75) is 17.6 Å². The first-order valence-electron chi connectivity index (χ1n) is 6.23. The predicted octanol–water partition coefficient (Wildman–Crippen LogP) is 3.73. The van der Waals surface area contributed by atoms with E-state index in [1.807, 2.05) is 0 Å². The maximum Gasteiger partial charge on any atom is 0.416 e. The number of rotatable bonds is 2. The minimum absolute atomic E-state index is 0.282. The van der Waals surface area contributed by atoms with E-state index in [0.717, 1.165) is 21.9 Å². The lowest BCUT2D eigenvalue weighted by Gasteiger charge is -2.05. The van der Waals surface area contributed by atoms with Crippen molar-refractivity contribution in [2.24, 2.45) is 0 Å². The van der Waals surface area contributed by atoms with Crippen molar-refractivity contribution < 1.29 is 21.6 Å². The van der Waals surface area contributed by atoms with Crippen LogP contribution in [-0.2, 0) is 22.7 Å². The number of benzene rings is 1. The average Bonchev–Trinajstić information content (AvgIpc) is 2.97. The van der Waals surface area contributed by atoms with Gasteiger partial charge in [0, 0.05) is 16.3 Å². The molecule has 0 aliphatic carbocycles. The molecule has 0 amide bonds. The molecule has 1 aliphatic heterocycles. The number of hydrogen-bond donors (Lipinski definition) is 1. The number of alkyl halides is 3. The van der Waals surface area contributed by atoms with Crippen LogP contribution < -0.4 is 4.72 Å². The second-order valence-electron chi connectivity index (χ2n) is 4.71. The first-order valence-corrected chi connectivity index (χ1v) is 8.53. The van der Waals surface area contributed by atoms with Gasteiger partial charge in [-0.1, -0.05) is 18.2 Å². The monoisotopic (exact) mass is 345 g/mol. The Morgan fingerprint density at radius 2 is 1.82 bits per heavy atom. The highest BCUT2D eigenvalue weighted by molar-refractivity contribution is 7.90. The Balaban J connectivity index is 1.81. The Morgan fingerprint density at radius 1 is 1.14 bits per heavy atom. The van der Waals surface area contributed by atoms with Crippen LogP contribution in [0.3, 0.4) is 0 Å². The molecule has 0 saturated heterocycles. The molecule has 2 aromatic rings.